The number of nitrogens with zero attached hydrogens (tertiary/aromatic N) is 2. The van der Waals surface area contributed by atoms with E-state index < -0.39 is 4.92 Å². The van der Waals surface area contributed by atoms with Gasteiger partial charge in [-0.3, -0.25) is 14.9 Å². The molecule has 0 N–H and O–H groups in total. The first kappa shape index (κ1) is 13.8. The lowest BCUT2D eigenvalue weighted by Gasteiger charge is -2.24. The fourth-order valence-corrected chi connectivity index (χ4v) is 2.26. The third-order valence-electron chi connectivity index (χ3n) is 3.63. The van der Waals surface area contributed by atoms with Crippen LogP contribution in [0.3, 0.4) is 0 Å². The highest BCUT2D eigenvalue weighted by Crippen LogP contribution is 2.35. The molecule has 102 valence electrons. The molecule has 1 fully saturated rings. The molecule has 1 amide bonds. The third-order valence-corrected chi connectivity index (χ3v) is 3.94. The molecule has 0 heterocycles. The van der Waals surface area contributed by atoms with Gasteiger partial charge < -0.3 is 4.90 Å². The highest BCUT2D eigenvalue weighted by molar-refractivity contribution is 6.32. The standard InChI is InChI=1S/C13H15ClN2O3/c1-8(9-3-4-9)15(2)13(17)10-5-6-11(14)12(7-10)16(18)19/h5-9H,3-4H2,1-2H3. The molecule has 2 rings (SSSR count). The van der Waals surface area contributed by atoms with Gasteiger partial charge in [-0.1, -0.05) is 11.6 Å². The van der Waals surface area contributed by atoms with Crippen LogP contribution in [-0.4, -0.2) is 28.8 Å². The topological polar surface area (TPSA) is 63.5 Å². The molecule has 0 radical (unpaired) electrons. The van der Waals surface area contributed by atoms with Crippen molar-refractivity contribution in [3.05, 3.63) is 38.9 Å². The Balaban J connectivity index is 2.23. The van der Waals surface area contributed by atoms with Crippen LogP contribution >= 0.6 is 11.6 Å². The largest absolute Gasteiger partial charge is 0.339 e. The molecular formula is C13H15ClN2O3. The molecule has 19 heavy (non-hydrogen) atoms. The quantitative estimate of drug-likeness (QED) is 0.629. The second-order valence-electron chi connectivity index (χ2n) is 4.92. The Morgan fingerprint density at radius 1 is 1.53 bits per heavy atom. The second-order valence-corrected chi connectivity index (χ2v) is 5.32. The van der Waals surface area contributed by atoms with Gasteiger partial charge in [-0.05, 0) is 37.8 Å². The van der Waals surface area contributed by atoms with Gasteiger partial charge in [0.25, 0.3) is 11.6 Å². The maximum Gasteiger partial charge on any atom is 0.288 e. The summed E-state index contributed by atoms with van der Waals surface area (Å²) in [5, 5.41) is 10.9. The Labute approximate surface area is 116 Å². The van der Waals surface area contributed by atoms with Gasteiger partial charge in [-0.25, -0.2) is 0 Å². The van der Waals surface area contributed by atoms with Gasteiger partial charge in [0.05, 0.1) is 4.92 Å². The molecule has 0 spiro atoms. The number of hydrogen-bond donors (Lipinski definition) is 0. The third kappa shape index (κ3) is 2.87. The van der Waals surface area contributed by atoms with Gasteiger partial charge in [0.15, 0.2) is 0 Å². The molecule has 0 aromatic heterocycles. The summed E-state index contributed by atoms with van der Waals surface area (Å²) in [4.78, 5) is 24.1. The van der Waals surface area contributed by atoms with Crippen LogP contribution in [0.5, 0.6) is 0 Å². The summed E-state index contributed by atoms with van der Waals surface area (Å²) in [6.07, 6.45) is 2.28. The maximum atomic E-state index is 12.3. The van der Waals surface area contributed by atoms with Crippen LogP contribution in [0.2, 0.25) is 5.02 Å². The first-order chi connectivity index (χ1) is 8.91. The molecule has 6 heteroatoms. The van der Waals surface area contributed by atoms with Crippen molar-refractivity contribution in [2.75, 3.05) is 7.05 Å². The highest BCUT2D eigenvalue weighted by Gasteiger charge is 2.33. The molecular weight excluding hydrogens is 268 g/mol. The fourth-order valence-electron chi connectivity index (χ4n) is 2.07. The predicted octanol–water partition coefficient (Wildman–Crippen LogP) is 3.12. The second kappa shape index (κ2) is 5.17. The Kier molecular flexibility index (Phi) is 3.75. The number of carbonyl (C=O) groups is 1. The lowest BCUT2D eigenvalue weighted by molar-refractivity contribution is -0.384. The number of carbonyl (C=O) groups excluding carboxylic acids is 1. The number of nitro benzene ring substituents is 1. The van der Waals surface area contributed by atoms with E-state index in [1.165, 1.54) is 18.2 Å². The van der Waals surface area contributed by atoms with Crippen molar-refractivity contribution >= 4 is 23.2 Å². The van der Waals surface area contributed by atoms with Gasteiger partial charge >= 0.3 is 0 Å². The molecule has 1 atom stereocenters. The molecule has 1 saturated carbocycles. The zero-order valence-electron chi connectivity index (χ0n) is 10.8. The van der Waals surface area contributed by atoms with Crippen LogP contribution in [0.25, 0.3) is 0 Å². The van der Waals surface area contributed by atoms with Gasteiger partial charge in [-0.2, -0.15) is 0 Å². The number of hydrogen-bond acceptors (Lipinski definition) is 3. The van der Waals surface area contributed by atoms with E-state index in [1.807, 2.05) is 6.92 Å². The Morgan fingerprint density at radius 3 is 2.68 bits per heavy atom. The molecule has 1 aromatic rings. The van der Waals surface area contributed by atoms with Crippen molar-refractivity contribution < 1.29 is 9.72 Å². The minimum atomic E-state index is -0.580. The fraction of sp³-hybridized carbons (Fsp3) is 0.462. The minimum absolute atomic E-state index is 0.0412. The molecule has 0 bridgehead atoms. The van der Waals surface area contributed by atoms with Crippen LogP contribution in [0.15, 0.2) is 18.2 Å². The molecule has 5 nitrogen and oxygen atoms in total. The van der Waals surface area contributed by atoms with E-state index in [-0.39, 0.29) is 22.7 Å². The normalized spacial score (nSPS) is 15.9. The monoisotopic (exact) mass is 282 g/mol. The lowest BCUT2D eigenvalue weighted by atomic mass is 10.1. The zero-order valence-corrected chi connectivity index (χ0v) is 11.6. The van der Waals surface area contributed by atoms with Crippen molar-refractivity contribution in [2.24, 2.45) is 5.92 Å². The van der Waals surface area contributed by atoms with E-state index in [2.05, 4.69) is 0 Å². The van der Waals surface area contributed by atoms with Gasteiger partial charge in [-0.15, -0.1) is 0 Å². The zero-order chi connectivity index (χ0) is 14.2. The predicted molar refractivity (Wildman–Crippen MR) is 72.4 cm³/mol. The van der Waals surface area contributed by atoms with Gasteiger partial charge in [0.1, 0.15) is 5.02 Å². The van der Waals surface area contributed by atoms with E-state index >= 15 is 0 Å². The van der Waals surface area contributed by atoms with Crippen LogP contribution in [-0.2, 0) is 0 Å². The summed E-state index contributed by atoms with van der Waals surface area (Å²) < 4.78 is 0. The molecule has 0 aliphatic heterocycles. The summed E-state index contributed by atoms with van der Waals surface area (Å²) in [5.41, 5.74) is 0.0612. The van der Waals surface area contributed by atoms with Crippen LogP contribution < -0.4 is 0 Å². The molecule has 1 aliphatic rings. The van der Waals surface area contributed by atoms with Gasteiger partial charge in [0, 0.05) is 24.7 Å². The first-order valence-corrected chi connectivity index (χ1v) is 6.50. The van der Waals surface area contributed by atoms with E-state index in [9.17, 15) is 14.9 Å². The first-order valence-electron chi connectivity index (χ1n) is 6.13. The summed E-state index contributed by atoms with van der Waals surface area (Å²) in [7, 11) is 1.73. The Morgan fingerprint density at radius 2 is 2.16 bits per heavy atom. The Bertz CT molecular complexity index is 529. The summed E-state index contributed by atoms with van der Waals surface area (Å²) >= 11 is 5.73. The van der Waals surface area contributed by atoms with E-state index in [4.69, 9.17) is 11.6 Å². The van der Waals surface area contributed by atoms with Crippen LogP contribution in [0.4, 0.5) is 5.69 Å². The van der Waals surface area contributed by atoms with Crippen molar-refractivity contribution in [2.45, 2.75) is 25.8 Å². The number of rotatable bonds is 4. The Hall–Kier alpha value is -1.62. The minimum Gasteiger partial charge on any atom is -0.339 e. The van der Waals surface area contributed by atoms with Crippen molar-refractivity contribution in [1.29, 1.82) is 0 Å². The van der Waals surface area contributed by atoms with E-state index in [0.29, 0.717) is 11.5 Å². The summed E-state index contributed by atoms with van der Waals surface area (Å²) in [6, 6.07) is 4.30. The molecule has 1 aliphatic carbocycles. The van der Waals surface area contributed by atoms with Crippen LogP contribution in [0, 0.1) is 16.0 Å². The van der Waals surface area contributed by atoms with Crippen LogP contribution in [0.1, 0.15) is 30.1 Å². The average Bonchev–Trinajstić information content (AvgIpc) is 3.20. The van der Waals surface area contributed by atoms with Crippen molar-refractivity contribution in [3.63, 3.8) is 0 Å². The average molecular weight is 283 g/mol. The number of benzene rings is 1. The van der Waals surface area contributed by atoms with Crippen molar-refractivity contribution in [1.82, 2.24) is 4.90 Å². The highest BCUT2D eigenvalue weighted by atomic mass is 35.5. The lowest BCUT2D eigenvalue weighted by Crippen LogP contribution is -2.36. The molecule has 0 saturated heterocycles. The smallest absolute Gasteiger partial charge is 0.288 e. The summed E-state index contributed by atoms with van der Waals surface area (Å²) in [6.45, 7) is 2.00. The van der Waals surface area contributed by atoms with Gasteiger partial charge in [0.2, 0.25) is 0 Å². The maximum absolute atomic E-state index is 12.3. The van der Waals surface area contributed by atoms with E-state index in [1.54, 1.807) is 11.9 Å². The SMILES string of the molecule is CC(C1CC1)N(C)C(=O)c1ccc(Cl)c([N+](=O)[O-])c1. The number of halogens is 1. The van der Waals surface area contributed by atoms with E-state index in [0.717, 1.165) is 12.8 Å². The number of amides is 1. The van der Waals surface area contributed by atoms with Crippen molar-refractivity contribution in [3.8, 4) is 0 Å². The molecule has 1 aromatic carbocycles. The number of nitro groups is 1. The molecule has 1 unspecified atom stereocenters. The summed E-state index contributed by atoms with van der Waals surface area (Å²) in [5.74, 6) is 0.343.